The van der Waals surface area contributed by atoms with Crippen LogP contribution in [-0.2, 0) is 13.0 Å². The van der Waals surface area contributed by atoms with Crippen LogP contribution >= 0.6 is 0 Å². The summed E-state index contributed by atoms with van der Waals surface area (Å²) in [5.41, 5.74) is 3.94. The first-order chi connectivity index (χ1) is 13.3. The molecule has 1 aliphatic rings. The molecule has 1 aliphatic heterocycles. The van der Waals surface area contributed by atoms with E-state index in [1.54, 1.807) is 20.3 Å². The van der Waals surface area contributed by atoms with E-state index >= 15 is 0 Å². The summed E-state index contributed by atoms with van der Waals surface area (Å²) in [5, 5.41) is 0. The van der Waals surface area contributed by atoms with E-state index in [1.165, 1.54) is 11.1 Å². The molecule has 0 aliphatic carbocycles. The smallest absolute Gasteiger partial charge is 0.220 e. The van der Waals surface area contributed by atoms with Crippen molar-refractivity contribution in [2.24, 2.45) is 0 Å². The molecule has 0 N–H and O–H groups in total. The number of fused-ring (bicyclic) bond motifs is 1. The van der Waals surface area contributed by atoms with Crippen LogP contribution in [0.3, 0.4) is 0 Å². The van der Waals surface area contributed by atoms with Crippen molar-refractivity contribution in [1.29, 1.82) is 0 Å². The maximum Gasteiger partial charge on any atom is 0.220 e. The number of hydrogen-bond donors (Lipinski definition) is 0. The van der Waals surface area contributed by atoms with E-state index in [1.807, 2.05) is 6.07 Å². The van der Waals surface area contributed by atoms with Crippen LogP contribution in [0.1, 0.15) is 28.6 Å². The number of methoxy groups -OCH3 is 2. The van der Waals surface area contributed by atoms with Gasteiger partial charge in [-0.3, -0.25) is 4.90 Å². The van der Waals surface area contributed by atoms with Gasteiger partial charge in [0.1, 0.15) is 0 Å². The Morgan fingerprint density at radius 1 is 0.852 bits per heavy atom. The second kappa shape index (κ2) is 7.76. The van der Waals surface area contributed by atoms with E-state index in [2.05, 4.69) is 63.4 Å². The third kappa shape index (κ3) is 3.64. The molecule has 27 heavy (non-hydrogen) atoms. The third-order valence-electron chi connectivity index (χ3n) is 5.00. The second-order valence-electron chi connectivity index (χ2n) is 6.61. The normalized spacial score (nSPS) is 15.0. The average Bonchev–Trinajstić information content (AvgIpc) is 2.74. The van der Waals surface area contributed by atoms with Gasteiger partial charge >= 0.3 is 0 Å². The summed E-state index contributed by atoms with van der Waals surface area (Å²) in [5.74, 6) is 1.71. The number of benzene rings is 2. The van der Waals surface area contributed by atoms with Crippen molar-refractivity contribution in [3.63, 3.8) is 0 Å². The predicted molar refractivity (Wildman–Crippen MR) is 104 cm³/mol. The summed E-state index contributed by atoms with van der Waals surface area (Å²) in [4.78, 5) is 11.7. The second-order valence-corrected chi connectivity index (χ2v) is 6.61. The molecule has 5 nitrogen and oxygen atoms in total. The van der Waals surface area contributed by atoms with Gasteiger partial charge in [0.15, 0.2) is 5.82 Å². The molecule has 0 spiro atoms. The molecule has 3 aromatic rings. The molecular weight excluding hydrogens is 338 g/mol. The van der Waals surface area contributed by atoms with E-state index < -0.39 is 0 Å². The quantitative estimate of drug-likeness (QED) is 0.694. The number of ether oxygens (including phenoxy) is 2. The molecule has 0 saturated carbocycles. The highest BCUT2D eigenvalue weighted by molar-refractivity contribution is 5.33. The lowest BCUT2D eigenvalue weighted by Gasteiger charge is -2.35. The first-order valence-corrected chi connectivity index (χ1v) is 9.11. The largest absolute Gasteiger partial charge is 0.481 e. The Kier molecular flexibility index (Phi) is 5.03. The van der Waals surface area contributed by atoms with Crippen LogP contribution in [0, 0.1) is 0 Å². The summed E-state index contributed by atoms with van der Waals surface area (Å²) < 4.78 is 10.8. The number of rotatable bonds is 5. The van der Waals surface area contributed by atoms with Gasteiger partial charge in [-0.05, 0) is 23.1 Å². The number of aromatic nitrogens is 2. The summed E-state index contributed by atoms with van der Waals surface area (Å²) in [7, 11) is 3.22. The molecule has 1 aromatic heterocycles. The van der Waals surface area contributed by atoms with E-state index in [-0.39, 0.29) is 6.04 Å². The molecule has 0 fully saturated rings. The van der Waals surface area contributed by atoms with E-state index in [0.717, 1.165) is 25.1 Å². The first-order valence-electron chi connectivity index (χ1n) is 9.11. The van der Waals surface area contributed by atoms with Crippen LogP contribution in [0.15, 0.2) is 60.7 Å². The fourth-order valence-electron chi connectivity index (χ4n) is 3.65. The van der Waals surface area contributed by atoms with Crippen LogP contribution in [0.4, 0.5) is 0 Å². The Labute approximate surface area is 159 Å². The number of nitrogens with zero attached hydrogens (tertiary/aromatic N) is 3. The van der Waals surface area contributed by atoms with Gasteiger partial charge in [0.25, 0.3) is 0 Å². The highest BCUT2D eigenvalue weighted by Crippen LogP contribution is 2.33. The molecule has 2 aromatic carbocycles. The summed E-state index contributed by atoms with van der Waals surface area (Å²) >= 11 is 0. The van der Waals surface area contributed by atoms with Gasteiger partial charge in [-0.15, -0.1) is 0 Å². The van der Waals surface area contributed by atoms with Crippen LogP contribution in [0.2, 0.25) is 0 Å². The molecule has 0 unspecified atom stereocenters. The fraction of sp³-hybridized carbons (Fsp3) is 0.273. The highest BCUT2D eigenvalue weighted by atomic mass is 16.5. The molecular formula is C22H23N3O2. The fourth-order valence-corrected chi connectivity index (χ4v) is 3.65. The molecule has 0 radical (unpaired) electrons. The Bertz CT molecular complexity index is 892. The minimum Gasteiger partial charge on any atom is -0.481 e. The van der Waals surface area contributed by atoms with Gasteiger partial charge in [-0.2, -0.15) is 9.97 Å². The Morgan fingerprint density at radius 3 is 2.15 bits per heavy atom. The Balaban J connectivity index is 1.77. The van der Waals surface area contributed by atoms with Gasteiger partial charge in [-0.25, -0.2) is 0 Å². The van der Waals surface area contributed by atoms with Gasteiger partial charge in [0, 0.05) is 13.1 Å². The Morgan fingerprint density at radius 2 is 1.48 bits per heavy atom. The SMILES string of the molecule is COc1cc(OC)nc([C@H](c2ccccc2)N2CCc3ccccc3C2)n1. The predicted octanol–water partition coefficient (Wildman–Crippen LogP) is 3.64. The third-order valence-corrected chi connectivity index (χ3v) is 5.00. The number of hydrogen-bond acceptors (Lipinski definition) is 5. The minimum atomic E-state index is -0.0662. The van der Waals surface area contributed by atoms with Crippen molar-refractivity contribution in [3.05, 3.63) is 83.2 Å². The van der Waals surface area contributed by atoms with Crippen LogP contribution in [0.25, 0.3) is 0 Å². The Hall–Kier alpha value is -2.92. The van der Waals surface area contributed by atoms with Gasteiger partial charge in [-0.1, -0.05) is 54.6 Å². The topological polar surface area (TPSA) is 47.5 Å². The van der Waals surface area contributed by atoms with Crippen molar-refractivity contribution in [2.45, 2.75) is 19.0 Å². The van der Waals surface area contributed by atoms with Gasteiger partial charge in [0.05, 0.1) is 26.3 Å². The minimum absolute atomic E-state index is 0.0662. The van der Waals surface area contributed by atoms with E-state index in [4.69, 9.17) is 9.47 Å². The summed E-state index contributed by atoms with van der Waals surface area (Å²) in [6, 6.07) is 20.7. The van der Waals surface area contributed by atoms with Crippen molar-refractivity contribution < 1.29 is 9.47 Å². The summed E-state index contributed by atoms with van der Waals surface area (Å²) in [6.07, 6.45) is 1.01. The molecule has 138 valence electrons. The van der Waals surface area contributed by atoms with Gasteiger partial charge in [0.2, 0.25) is 11.8 Å². The van der Waals surface area contributed by atoms with Crippen molar-refractivity contribution >= 4 is 0 Å². The monoisotopic (exact) mass is 361 g/mol. The average molecular weight is 361 g/mol. The lowest BCUT2D eigenvalue weighted by molar-refractivity contribution is 0.197. The molecule has 0 saturated heterocycles. The van der Waals surface area contributed by atoms with Crippen LogP contribution in [-0.4, -0.2) is 35.6 Å². The van der Waals surface area contributed by atoms with Crippen LogP contribution < -0.4 is 9.47 Å². The van der Waals surface area contributed by atoms with E-state index in [9.17, 15) is 0 Å². The standard InChI is InChI=1S/C22H23N3O2/c1-26-19-14-20(27-2)24-22(23-19)21(17-9-4-3-5-10-17)25-13-12-16-8-6-7-11-18(16)15-25/h3-11,14,21H,12-13,15H2,1-2H3/t21-/m0/s1. The molecule has 0 amide bonds. The molecule has 1 atom stereocenters. The first kappa shape index (κ1) is 17.5. The molecule has 5 heteroatoms. The summed E-state index contributed by atoms with van der Waals surface area (Å²) in [6.45, 7) is 1.80. The highest BCUT2D eigenvalue weighted by Gasteiger charge is 2.29. The maximum atomic E-state index is 5.38. The molecule has 2 heterocycles. The molecule has 0 bridgehead atoms. The maximum absolute atomic E-state index is 5.38. The lowest BCUT2D eigenvalue weighted by Crippen LogP contribution is -2.35. The van der Waals surface area contributed by atoms with E-state index in [0.29, 0.717) is 17.6 Å². The van der Waals surface area contributed by atoms with Crippen molar-refractivity contribution in [3.8, 4) is 11.8 Å². The van der Waals surface area contributed by atoms with Crippen molar-refractivity contribution in [2.75, 3.05) is 20.8 Å². The zero-order valence-electron chi connectivity index (χ0n) is 15.6. The lowest BCUT2D eigenvalue weighted by atomic mass is 9.96. The van der Waals surface area contributed by atoms with Crippen LogP contribution in [0.5, 0.6) is 11.8 Å². The zero-order chi connectivity index (χ0) is 18.6. The van der Waals surface area contributed by atoms with Gasteiger partial charge < -0.3 is 9.47 Å². The zero-order valence-corrected chi connectivity index (χ0v) is 15.6. The molecule has 4 rings (SSSR count). The van der Waals surface area contributed by atoms with Crippen molar-refractivity contribution in [1.82, 2.24) is 14.9 Å².